The number of carbonyl (C=O) groups excluding carboxylic acids is 1. The van der Waals surface area contributed by atoms with Gasteiger partial charge in [0.1, 0.15) is 11.4 Å². The van der Waals surface area contributed by atoms with Crippen molar-refractivity contribution in [2.45, 2.75) is 18.1 Å². The van der Waals surface area contributed by atoms with Gasteiger partial charge in [0.15, 0.2) is 6.61 Å². The number of carbonyl (C=O) groups is 1. The van der Waals surface area contributed by atoms with Crippen molar-refractivity contribution in [2.24, 2.45) is 0 Å². The van der Waals surface area contributed by atoms with E-state index in [-0.39, 0.29) is 18.6 Å². The zero-order valence-corrected chi connectivity index (χ0v) is 16.6. The first kappa shape index (κ1) is 19.9. The molecule has 4 rings (SSSR count). The summed E-state index contributed by atoms with van der Waals surface area (Å²) in [6.07, 6.45) is 0.496. The lowest BCUT2D eigenvalue weighted by molar-refractivity contribution is -0.149. The Labute approximate surface area is 171 Å². The van der Waals surface area contributed by atoms with E-state index in [1.54, 1.807) is 0 Å². The van der Waals surface area contributed by atoms with Gasteiger partial charge in [-0.2, -0.15) is 0 Å². The summed E-state index contributed by atoms with van der Waals surface area (Å²) in [6.45, 7) is 3.78. The molecule has 0 spiro atoms. The number of likely N-dealkylation sites (tertiary alicyclic amines) is 1. The zero-order valence-electron chi connectivity index (χ0n) is 16.6. The van der Waals surface area contributed by atoms with Crippen LogP contribution >= 0.6 is 0 Å². The molecule has 6 heteroatoms. The second-order valence-electron chi connectivity index (χ2n) is 7.65. The first-order chi connectivity index (χ1) is 14.2. The first-order valence-electron chi connectivity index (χ1n) is 10.2. The Bertz CT molecular complexity index is 795. The molecule has 6 nitrogen and oxygen atoms in total. The number of nitrogens with zero attached hydrogens (tertiary/aromatic N) is 2. The molecule has 2 aromatic rings. The van der Waals surface area contributed by atoms with Crippen LogP contribution in [0.5, 0.6) is 5.75 Å². The maximum Gasteiger partial charge on any atom is 0.260 e. The molecule has 0 saturated carbocycles. The van der Waals surface area contributed by atoms with E-state index >= 15 is 0 Å². The fourth-order valence-electron chi connectivity index (χ4n) is 4.27. The molecular weight excluding hydrogens is 368 g/mol. The van der Waals surface area contributed by atoms with E-state index in [0.29, 0.717) is 38.5 Å². The fraction of sp³-hybridized carbons (Fsp3) is 0.435. The van der Waals surface area contributed by atoms with Gasteiger partial charge < -0.3 is 19.5 Å². The highest BCUT2D eigenvalue weighted by Crippen LogP contribution is 2.36. The lowest BCUT2D eigenvalue weighted by Gasteiger charge is -2.50. The molecule has 2 aliphatic rings. The third-order valence-electron chi connectivity index (χ3n) is 5.93. The maximum atomic E-state index is 12.8. The number of hydrogen-bond donors (Lipinski definition) is 1. The Morgan fingerprint density at radius 1 is 1.03 bits per heavy atom. The van der Waals surface area contributed by atoms with E-state index in [0.717, 1.165) is 18.7 Å². The van der Waals surface area contributed by atoms with Crippen LogP contribution < -0.4 is 4.74 Å². The lowest BCUT2D eigenvalue weighted by Crippen LogP contribution is -2.63. The van der Waals surface area contributed by atoms with E-state index in [9.17, 15) is 9.90 Å². The number of aliphatic hydroxyl groups is 1. The van der Waals surface area contributed by atoms with Gasteiger partial charge in [0.05, 0.1) is 19.3 Å². The van der Waals surface area contributed by atoms with Gasteiger partial charge in [0.25, 0.3) is 5.91 Å². The molecule has 2 atom stereocenters. The van der Waals surface area contributed by atoms with Crippen LogP contribution in [-0.2, 0) is 15.1 Å². The molecule has 1 N–H and O–H groups in total. The minimum Gasteiger partial charge on any atom is -0.484 e. The minimum atomic E-state index is -0.990. The van der Waals surface area contributed by atoms with Crippen LogP contribution in [0.3, 0.4) is 0 Å². The van der Waals surface area contributed by atoms with Gasteiger partial charge in [-0.25, -0.2) is 0 Å². The number of hydrogen-bond acceptors (Lipinski definition) is 5. The number of piperidine rings is 1. The van der Waals surface area contributed by atoms with Gasteiger partial charge >= 0.3 is 0 Å². The average Bonchev–Trinajstić information content (AvgIpc) is 2.79. The van der Waals surface area contributed by atoms with Crippen LogP contribution in [0, 0.1) is 0 Å². The first-order valence-corrected chi connectivity index (χ1v) is 10.2. The Morgan fingerprint density at radius 2 is 1.69 bits per heavy atom. The van der Waals surface area contributed by atoms with Crippen LogP contribution in [-0.4, -0.2) is 72.9 Å². The summed E-state index contributed by atoms with van der Waals surface area (Å²) in [5.74, 6) is 0.630. The molecule has 2 aromatic carbocycles. The fourth-order valence-corrected chi connectivity index (χ4v) is 4.27. The third-order valence-corrected chi connectivity index (χ3v) is 5.93. The minimum absolute atomic E-state index is 0.00358. The molecule has 2 aliphatic heterocycles. The van der Waals surface area contributed by atoms with Crippen molar-refractivity contribution in [3.05, 3.63) is 66.2 Å². The second-order valence-corrected chi connectivity index (χ2v) is 7.65. The lowest BCUT2D eigenvalue weighted by atomic mass is 9.79. The number of ether oxygens (including phenoxy) is 2. The van der Waals surface area contributed by atoms with E-state index in [1.807, 2.05) is 65.6 Å². The number of para-hydroxylation sites is 1. The normalized spacial score (nSPS) is 25.6. The van der Waals surface area contributed by atoms with Gasteiger partial charge in [0.2, 0.25) is 0 Å². The summed E-state index contributed by atoms with van der Waals surface area (Å²) in [6, 6.07) is 19.0. The molecule has 0 aliphatic carbocycles. The standard InChI is InChI=1S/C23H28N2O4/c26-22(18-29-20-9-5-2-6-10-20)25-12-11-23(27,19-7-3-1-4-8-19)21(17-25)24-13-15-28-16-14-24/h1-10,21,27H,11-18H2/t21-,23+/m1/s1. The summed E-state index contributed by atoms with van der Waals surface area (Å²) >= 11 is 0. The quantitative estimate of drug-likeness (QED) is 0.836. The molecule has 0 unspecified atom stereocenters. The van der Waals surface area contributed by atoms with Crippen LogP contribution in [0.25, 0.3) is 0 Å². The van der Waals surface area contributed by atoms with E-state index in [4.69, 9.17) is 9.47 Å². The van der Waals surface area contributed by atoms with Gasteiger partial charge in [0, 0.05) is 26.2 Å². The van der Waals surface area contributed by atoms with Crippen LogP contribution in [0.15, 0.2) is 60.7 Å². The van der Waals surface area contributed by atoms with Crippen molar-refractivity contribution in [2.75, 3.05) is 46.0 Å². The molecule has 0 aromatic heterocycles. The van der Waals surface area contributed by atoms with Crippen molar-refractivity contribution >= 4 is 5.91 Å². The molecule has 2 heterocycles. The summed E-state index contributed by atoms with van der Waals surface area (Å²) < 4.78 is 11.2. The summed E-state index contributed by atoms with van der Waals surface area (Å²) in [7, 11) is 0. The third kappa shape index (κ3) is 4.45. The monoisotopic (exact) mass is 396 g/mol. The Balaban J connectivity index is 1.49. The summed E-state index contributed by atoms with van der Waals surface area (Å²) in [5.41, 5.74) is -0.0838. The molecule has 2 saturated heterocycles. The Hall–Kier alpha value is -2.41. The number of rotatable bonds is 5. The van der Waals surface area contributed by atoms with Crippen LogP contribution in [0.2, 0.25) is 0 Å². The smallest absolute Gasteiger partial charge is 0.260 e. The maximum absolute atomic E-state index is 12.8. The summed E-state index contributed by atoms with van der Waals surface area (Å²) in [4.78, 5) is 16.9. The van der Waals surface area contributed by atoms with Gasteiger partial charge in [-0.15, -0.1) is 0 Å². The van der Waals surface area contributed by atoms with Crippen LogP contribution in [0.4, 0.5) is 0 Å². The van der Waals surface area contributed by atoms with E-state index in [2.05, 4.69) is 4.90 Å². The average molecular weight is 396 g/mol. The number of benzene rings is 2. The molecule has 0 bridgehead atoms. The molecular formula is C23H28N2O4. The van der Waals surface area contributed by atoms with Crippen molar-refractivity contribution in [1.82, 2.24) is 9.80 Å². The van der Waals surface area contributed by atoms with Gasteiger partial charge in [-0.1, -0.05) is 48.5 Å². The number of amides is 1. The van der Waals surface area contributed by atoms with E-state index < -0.39 is 5.60 Å². The van der Waals surface area contributed by atoms with Crippen molar-refractivity contribution in [1.29, 1.82) is 0 Å². The number of morpholine rings is 1. The van der Waals surface area contributed by atoms with Crippen LogP contribution in [0.1, 0.15) is 12.0 Å². The summed E-state index contributed by atoms with van der Waals surface area (Å²) in [5, 5.41) is 11.7. The molecule has 2 fully saturated rings. The van der Waals surface area contributed by atoms with Gasteiger partial charge in [-0.3, -0.25) is 9.69 Å². The van der Waals surface area contributed by atoms with E-state index in [1.165, 1.54) is 0 Å². The zero-order chi connectivity index (χ0) is 20.1. The molecule has 29 heavy (non-hydrogen) atoms. The molecule has 154 valence electrons. The topological polar surface area (TPSA) is 62.2 Å². The highest BCUT2D eigenvalue weighted by Gasteiger charge is 2.46. The molecule has 1 amide bonds. The van der Waals surface area contributed by atoms with Crippen molar-refractivity contribution in [3.63, 3.8) is 0 Å². The highest BCUT2D eigenvalue weighted by atomic mass is 16.5. The Kier molecular flexibility index (Phi) is 6.13. The predicted octanol–water partition coefficient (Wildman–Crippen LogP) is 1.89. The highest BCUT2D eigenvalue weighted by molar-refractivity contribution is 5.78. The van der Waals surface area contributed by atoms with Crippen molar-refractivity contribution < 1.29 is 19.4 Å². The second kappa shape index (κ2) is 8.95. The van der Waals surface area contributed by atoms with Gasteiger partial charge in [-0.05, 0) is 24.1 Å². The largest absolute Gasteiger partial charge is 0.484 e. The molecule has 0 radical (unpaired) electrons. The Morgan fingerprint density at radius 3 is 2.38 bits per heavy atom. The predicted molar refractivity (Wildman–Crippen MR) is 110 cm³/mol. The van der Waals surface area contributed by atoms with Crippen molar-refractivity contribution in [3.8, 4) is 5.75 Å². The SMILES string of the molecule is O=C(COc1ccccc1)N1CC[C@](O)(c2ccccc2)[C@H](N2CCOCC2)C1.